The zero-order valence-electron chi connectivity index (χ0n) is 13.5. The first kappa shape index (κ1) is 15.6. The molecule has 0 aliphatic heterocycles. The second-order valence-corrected chi connectivity index (χ2v) is 5.68. The van der Waals surface area contributed by atoms with Gasteiger partial charge in [-0.2, -0.15) is 0 Å². The molecular formula is C19H13N5O2. The van der Waals surface area contributed by atoms with Crippen LogP contribution in [0.5, 0.6) is 0 Å². The number of aromatic nitrogens is 3. The number of pyridine rings is 1. The fourth-order valence-electron chi connectivity index (χ4n) is 2.84. The van der Waals surface area contributed by atoms with Gasteiger partial charge in [0.25, 0.3) is 5.69 Å². The number of nitrogen functional groups attached to an aromatic ring is 1. The molecule has 4 rings (SSSR count). The lowest BCUT2D eigenvalue weighted by molar-refractivity contribution is -0.384. The molecular weight excluding hydrogens is 330 g/mol. The van der Waals surface area contributed by atoms with Crippen LogP contribution in [0.1, 0.15) is 0 Å². The van der Waals surface area contributed by atoms with Gasteiger partial charge in [-0.1, -0.05) is 30.3 Å². The standard InChI is InChI=1S/C19H13N5O2/c20-18-17-15(12-6-8-14(9-7-12)24(25)26)10-16(13-4-2-1-3-5-13)23-19(17)22-11-21-18/h1-11H,(H2,20,21,22,23). The Bertz CT molecular complexity index is 1110. The number of non-ortho nitro benzene ring substituents is 1. The Hall–Kier alpha value is -3.87. The third kappa shape index (κ3) is 2.71. The molecule has 2 N–H and O–H groups in total. The summed E-state index contributed by atoms with van der Waals surface area (Å²) in [4.78, 5) is 23.4. The normalized spacial score (nSPS) is 10.8. The van der Waals surface area contributed by atoms with E-state index in [1.807, 2.05) is 36.4 Å². The summed E-state index contributed by atoms with van der Waals surface area (Å²) in [5, 5.41) is 11.5. The molecule has 0 spiro atoms. The lowest BCUT2D eigenvalue weighted by Gasteiger charge is -2.11. The summed E-state index contributed by atoms with van der Waals surface area (Å²) in [6.07, 6.45) is 1.37. The van der Waals surface area contributed by atoms with Crippen LogP contribution in [0.25, 0.3) is 33.4 Å². The van der Waals surface area contributed by atoms with E-state index in [-0.39, 0.29) is 5.69 Å². The maximum Gasteiger partial charge on any atom is 0.269 e. The lowest BCUT2D eigenvalue weighted by Crippen LogP contribution is -1.98. The molecule has 0 fully saturated rings. The summed E-state index contributed by atoms with van der Waals surface area (Å²) < 4.78 is 0. The average Bonchev–Trinajstić information content (AvgIpc) is 2.68. The second-order valence-electron chi connectivity index (χ2n) is 5.68. The highest BCUT2D eigenvalue weighted by Gasteiger charge is 2.14. The Labute approximate surface area is 148 Å². The highest BCUT2D eigenvalue weighted by Crippen LogP contribution is 2.34. The molecule has 4 aromatic rings. The molecule has 0 atom stereocenters. The Balaban J connectivity index is 1.98. The van der Waals surface area contributed by atoms with Crippen LogP contribution in [0.15, 0.2) is 67.0 Å². The van der Waals surface area contributed by atoms with E-state index in [9.17, 15) is 10.1 Å². The molecule has 126 valence electrons. The van der Waals surface area contributed by atoms with Gasteiger partial charge in [0.1, 0.15) is 12.1 Å². The molecule has 2 heterocycles. The topological polar surface area (TPSA) is 108 Å². The third-order valence-corrected chi connectivity index (χ3v) is 4.09. The highest BCUT2D eigenvalue weighted by atomic mass is 16.6. The molecule has 2 aromatic heterocycles. The summed E-state index contributed by atoms with van der Waals surface area (Å²) in [7, 11) is 0. The predicted molar refractivity (Wildman–Crippen MR) is 99.3 cm³/mol. The fourth-order valence-corrected chi connectivity index (χ4v) is 2.84. The van der Waals surface area contributed by atoms with Crippen molar-refractivity contribution in [3.8, 4) is 22.4 Å². The van der Waals surface area contributed by atoms with Gasteiger partial charge in [0.2, 0.25) is 0 Å². The molecule has 26 heavy (non-hydrogen) atoms. The molecule has 0 radical (unpaired) electrons. The molecule has 2 aromatic carbocycles. The average molecular weight is 343 g/mol. The van der Waals surface area contributed by atoms with E-state index in [1.54, 1.807) is 12.1 Å². The molecule has 0 bridgehead atoms. The van der Waals surface area contributed by atoms with E-state index in [2.05, 4.69) is 15.0 Å². The summed E-state index contributed by atoms with van der Waals surface area (Å²) in [6.45, 7) is 0. The first-order chi connectivity index (χ1) is 12.6. The molecule has 0 aliphatic rings. The van der Waals surface area contributed by atoms with Crippen LogP contribution in [0.3, 0.4) is 0 Å². The maximum absolute atomic E-state index is 10.9. The van der Waals surface area contributed by atoms with Crippen molar-refractivity contribution in [2.45, 2.75) is 0 Å². The van der Waals surface area contributed by atoms with Crippen molar-refractivity contribution in [3.63, 3.8) is 0 Å². The maximum atomic E-state index is 10.9. The lowest BCUT2D eigenvalue weighted by atomic mass is 9.99. The van der Waals surface area contributed by atoms with Crippen molar-refractivity contribution < 1.29 is 4.92 Å². The van der Waals surface area contributed by atoms with Crippen LogP contribution >= 0.6 is 0 Å². The quantitative estimate of drug-likeness (QED) is 0.447. The molecule has 7 heteroatoms. The van der Waals surface area contributed by atoms with Crippen molar-refractivity contribution in [1.29, 1.82) is 0 Å². The number of hydrogen-bond donors (Lipinski definition) is 1. The predicted octanol–water partition coefficient (Wildman–Crippen LogP) is 3.85. The van der Waals surface area contributed by atoms with Gasteiger partial charge in [-0.3, -0.25) is 10.1 Å². The van der Waals surface area contributed by atoms with Gasteiger partial charge < -0.3 is 5.73 Å². The van der Waals surface area contributed by atoms with Crippen LogP contribution in [-0.4, -0.2) is 19.9 Å². The molecule has 0 amide bonds. The fraction of sp³-hybridized carbons (Fsp3) is 0. The second kappa shape index (κ2) is 6.21. The van der Waals surface area contributed by atoms with Crippen molar-refractivity contribution >= 4 is 22.5 Å². The summed E-state index contributed by atoms with van der Waals surface area (Å²) in [6, 6.07) is 17.9. The van der Waals surface area contributed by atoms with Gasteiger partial charge in [-0.15, -0.1) is 0 Å². The number of nitrogens with two attached hydrogens (primary N) is 1. The first-order valence-corrected chi connectivity index (χ1v) is 7.85. The summed E-state index contributed by atoms with van der Waals surface area (Å²) >= 11 is 0. The molecule has 0 aliphatic carbocycles. The van der Waals surface area contributed by atoms with Crippen molar-refractivity contribution in [1.82, 2.24) is 15.0 Å². The number of hydrogen-bond acceptors (Lipinski definition) is 6. The Kier molecular flexibility index (Phi) is 3.74. The van der Waals surface area contributed by atoms with Crippen molar-refractivity contribution in [2.24, 2.45) is 0 Å². The SMILES string of the molecule is Nc1ncnc2nc(-c3ccccc3)cc(-c3ccc([N+](=O)[O-])cc3)c12. The number of benzene rings is 2. The highest BCUT2D eigenvalue weighted by molar-refractivity contribution is 6.00. The monoisotopic (exact) mass is 343 g/mol. The molecule has 0 saturated heterocycles. The Morgan fingerprint density at radius 1 is 0.923 bits per heavy atom. The molecule has 0 saturated carbocycles. The van der Waals surface area contributed by atoms with E-state index in [0.29, 0.717) is 16.9 Å². The van der Waals surface area contributed by atoms with E-state index >= 15 is 0 Å². The minimum absolute atomic E-state index is 0.0274. The van der Waals surface area contributed by atoms with E-state index in [0.717, 1.165) is 22.4 Å². The number of rotatable bonds is 3. The summed E-state index contributed by atoms with van der Waals surface area (Å²) in [5.41, 5.74) is 9.81. The first-order valence-electron chi connectivity index (χ1n) is 7.85. The van der Waals surface area contributed by atoms with E-state index in [1.165, 1.54) is 18.5 Å². The van der Waals surface area contributed by atoms with Gasteiger partial charge in [0.15, 0.2) is 5.65 Å². The number of nitro benzene ring substituents is 1. The zero-order chi connectivity index (χ0) is 18.1. The van der Waals surface area contributed by atoms with Gasteiger partial charge >= 0.3 is 0 Å². The Morgan fingerprint density at radius 2 is 1.65 bits per heavy atom. The smallest absolute Gasteiger partial charge is 0.269 e. The van der Waals surface area contributed by atoms with Crippen LogP contribution in [0.4, 0.5) is 11.5 Å². The minimum atomic E-state index is -0.429. The number of fused-ring (bicyclic) bond motifs is 1. The number of nitrogens with zero attached hydrogens (tertiary/aromatic N) is 4. The van der Waals surface area contributed by atoms with Crippen molar-refractivity contribution in [3.05, 3.63) is 77.1 Å². The molecule has 7 nitrogen and oxygen atoms in total. The van der Waals surface area contributed by atoms with Gasteiger partial charge in [-0.25, -0.2) is 15.0 Å². The third-order valence-electron chi connectivity index (χ3n) is 4.09. The van der Waals surface area contributed by atoms with E-state index in [4.69, 9.17) is 5.73 Å². The zero-order valence-corrected chi connectivity index (χ0v) is 13.5. The number of nitro groups is 1. The van der Waals surface area contributed by atoms with Crippen LogP contribution < -0.4 is 5.73 Å². The van der Waals surface area contributed by atoms with Crippen LogP contribution in [-0.2, 0) is 0 Å². The van der Waals surface area contributed by atoms with Crippen molar-refractivity contribution in [2.75, 3.05) is 5.73 Å². The van der Waals surface area contributed by atoms with Gasteiger partial charge in [0, 0.05) is 17.7 Å². The van der Waals surface area contributed by atoms with Gasteiger partial charge in [0.05, 0.1) is 16.0 Å². The molecule has 0 unspecified atom stereocenters. The van der Waals surface area contributed by atoms with Gasteiger partial charge in [-0.05, 0) is 29.3 Å². The summed E-state index contributed by atoms with van der Waals surface area (Å²) in [5.74, 6) is 0.315. The Morgan fingerprint density at radius 3 is 2.35 bits per heavy atom. The van der Waals surface area contributed by atoms with E-state index < -0.39 is 4.92 Å². The minimum Gasteiger partial charge on any atom is -0.383 e. The largest absolute Gasteiger partial charge is 0.383 e. The van der Waals surface area contributed by atoms with Crippen LogP contribution in [0, 0.1) is 10.1 Å². The van der Waals surface area contributed by atoms with Crippen LogP contribution in [0.2, 0.25) is 0 Å². The number of anilines is 1.